The van der Waals surface area contributed by atoms with E-state index in [4.69, 9.17) is 5.73 Å². The molecular formula is C15H24FN3. The SMILES string of the molecule is CC(C)CN(c1ncc(F)cc1CN)C1CCCC1. The summed E-state index contributed by atoms with van der Waals surface area (Å²) in [5, 5.41) is 0. The topological polar surface area (TPSA) is 42.2 Å². The Labute approximate surface area is 115 Å². The predicted octanol–water partition coefficient (Wildman–Crippen LogP) is 3.08. The average Bonchev–Trinajstić information content (AvgIpc) is 2.89. The molecule has 0 unspecified atom stereocenters. The van der Waals surface area contributed by atoms with Crippen LogP contribution in [0.5, 0.6) is 0 Å². The second-order valence-electron chi connectivity index (χ2n) is 5.82. The quantitative estimate of drug-likeness (QED) is 0.889. The Kier molecular flexibility index (Phi) is 4.75. The number of nitrogens with zero attached hydrogens (tertiary/aromatic N) is 2. The Morgan fingerprint density at radius 2 is 2.11 bits per heavy atom. The van der Waals surface area contributed by atoms with Gasteiger partial charge in [-0.15, -0.1) is 0 Å². The molecule has 0 saturated heterocycles. The zero-order chi connectivity index (χ0) is 13.8. The first-order chi connectivity index (χ1) is 9.11. The van der Waals surface area contributed by atoms with E-state index in [1.807, 2.05) is 0 Å². The van der Waals surface area contributed by atoms with Gasteiger partial charge < -0.3 is 10.6 Å². The van der Waals surface area contributed by atoms with Crippen molar-refractivity contribution in [3.8, 4) is 0 Å². The molecule has 106 valence electrons. The molecule has 0 bridgehead atoms. The first-order valence-corrected chi connectivity index (χ1v) is 7.23. The van der Waals surface area contributed by atoms with Gasteiger partial charge in [0.25, 0.3) is 0 Å². The number of hydrogen-bond acceptors (Lipinski definition) is 3. The van der Waals surface area contributed by atoms with Crippen LogP contribution in [0, 0.1) is 11.7 Å². The summed E-state index contributed by atoms with van der Waals surface area (Å²) in [7, 11) is 0. The summed E-state index contributed by atoms with van der Waals surface area (Å²) in [5.74, 6) is 1.13. The largest absolute Gasteiger partial charge is 0.353 e. The normalized spacial score (nSPS) is 16.3. The molecule has 2 N–H and O–H groups in total. The van der Waals surface area contributed by atoms with Gasteiger partial charge in [0, 0.05) is 24.7 Å². The third-order valence-electron chi connectivity index (χ3n) is 3.73. The number of anilines is 1. The lowest BCUT2D eigenvalue weighted by Crippen LogP contribution is -2.37. The molecule has 0 spiro atoms. The number of aromatic nitrogens is 1. The van der Waals surface area contributed by atoms with Crippen LogP contribution in [0.4, 0.5) is 10.2 Å². The molecule has 4 heteroatoms. The molecule has 1 aliphatic carbocycles. The second kappa shape index (κ2) is 6.33. The third-order valence-corrected chi connectivity index (χ3v) is 3.73. The van der Waals surface area contributed by atoms with Crippen LogP contribution >= 0.6 is 0 Å². The fraction of sp³-hybridized carbons (Fsp3) is 0.667. The fourth-order valence-corrected chi connectivity index (χ4v) is 2.90. The minimum absolute atomic E-state index is 0.305. The van der Waals surface area contributed by atoms with E-state index in [9.17, 15) is 4.39 Å². The molecule has 1 saturated carbocycles. The summed E-state index contributed by atoms with van der Waals surface area (Å²) in [4.78, 5) is 6.66. The van der Waals surface area contributed by atoms with E-state index < -0.39 is 0 Å². The third kappa shape index (κ3) is 3.44. The van der Waals surface area contributed by atoms with E-state index in [1.165, 1.54) is 37.9 Å². The number of hydrogen-bond donors (Lipinski definition) is 1. The van der Waals surface area contributed by atoms with E-state index in [0.717, 1.165) is 17.9 Å². The smallest absolute Gasteiger partial charge is 0.141 e. The van der Waals surface area contributed by atoms with Crippen LogP contribution in [0.1, 0.15) is 45.1 Å². The second-order valence-corrected chi connectivity index (χ2v) is 5.82. The fourth-order valence-electron chi connectivity index (χ4n) is 2.90. The number of nitrogens with two attached hydrogens (primary N) is 1. The van der Waals surface area contributed by atoms with Crippen molar-refractivity contribution in [2.75, 3.05) is 11.4 Å². The average molecular weight is 265 g/mol. The van der Waals surface area contributed by atoms with Crippen molar-refractivity contribution in [1.82, 2.24) is 4.98 Å². The molecule has 19 heavy (non-hydrogen) atoms. The van der Waals surface area contributed by atoms with Gasteiger partial charge in [0.05, 0.1) is 6.20 Å². The molecule has 1 fully saturated rings. The maximum absolute atomic E-state index is 13.3. The predicted molar refractivity (Wildman–Crippen MR) is 76.5 cm³/mol. The van der Waals surface area contributed by atoms with Crippen molar-refractivity contribution < 1.29 is 4.39 Å². The van der Waals surface area contributed by atoms with Crippen molar-refractivity contribution in [1.29, 1.82) is 0 Å². The number of pyridine rings is 1. The zero-order valence-electron chi connectivity index (χ0n) is 11.9. The summed E-state index contributed by atoms with van der Waals surface area (Å²) >= 11 is 0. The van der Waals surface area contributed by atoms with Crippen LogP contribution in [-0.2, 0) is 6.54 Å². The van der Waals surface area contributed by atoms with E-state index >= 15 is 0 Å². The summed E-state index contributed by atoms with van der Waals surface area (Å²) in [6.07, 6.45) is 6.26. The van der Waals surface area contributed by atoms with Crippen molar-refractivity contribution in [3.05, 3.63) is 23.6 Å². The zero-order valence-corrected chi connectivity index (χ0v) is 11.9. The molecule has 1 aliphatic rings. The summed E-state index contributed by atoms with van der Waals surface area (Å²) < 4.78 is 13.3. The van der Waals surface area contributed by atoms with E-state index in [0.29, 0.717) is 18.5 Å². The van der Waals surface area contributed by atoms with Crippen molar-refractivity contribution in [2.45, 2.75) is 52.1 Å². The van der Waals surface area contributed by atoms with Gasteiger partial charge in [0.1, 0.15) is 11.6 Å². The van der Waals surface area contributed by atoms with Crippen LogP contribution in [-0.4, -0.2) is 17.6 Å². The van der Waals surface area contributed by atoms with Crippen LogP contribution in [0.15, 0.2) is 12.3 Å². The van der Waals surface area contributed by atoms with Gasteiger partial charge in [-0.25, -0.2) is 9.37 Å². The van der Waals surface area contributed by atoms with Crippen molar-refractivity contribution in [3.63, 3.8) is 0 Å². The molecule has 1 aromatic rings. The van der Waals surface area contributed by atoms with Crippen molar-refractivity contribution in [2.24, 2.45) is 11.7 Å². The summed E-state index contributed by atoms with van der Waals surface area (Å²) in [6, 6.07) is 2.05. The van der Waals surface area contributed by atoms with E-state index in [-0.39, 0.29) is 5.82 Å². The molecule has 1 heterocycles. The first kappa shape index (κ1) is 14.3. The van der Waals surface area contributed by atoms with Gasteiger partial charge in [0.15, 0.2) is 0 Å². The van der Waals surface area contributed by atoms with Gasteiger partial charge in [-0.3, -0.25) is 0 Å². The Bertz CT molecular complexity index is 414. The Morgan fingerprint density at radius 1 is 1.42 bits per heavy atom. The molecule has 1 aromatic heterocycles. The van der Waals surface area contributed by atoms with Crippen LogP contribution < -0.4 is 10.6 Å². The Balaban J connectivity index is 2.30. The lowest BCUT2D eigenvalue weighted by Gasteiger charge is -2.33. The van der Waals surface area contributed by atoms with Gasteiger partial charge >= 0.3 is 0 Å². The molecule has 0 amide bonds. The molecule has 2 rings (SSSR count). The van der Waals surface area contributed by atoms with Crippen LogP contribution in [0.2, 0.25) is 0 Å². The highest BCUT2D eigenvalue weighted by molar-refractivity contribution is 5.48. The van der Waals surface area contributed by atoms with Gasteiger partial charge in [-0.1, -0.05) is 26.7 Å². The lowest BCUT2D eigenvalue weighted by atomic mass is 10.1. The summed E-state index contributed by atoms with van der Waals surface area (Å²) in [5.41, 5.74) is 6.57. The Hall–Kier alpha value is -1.16. The maximum Gasteiger partial charge on any atom is 0.141 e. The number of rotatable bonds is 5. The molecule has 0 atom stereocenters. The van der Waals surface area contributed by atoms with E-state index in [1.54, 1.807) is 0 Å². The van der Waals surface area contributed by atoms with Gasteiger partial charge in [-0.2, -0.15) is 0 Å². The highest BCUT2D eigenvalue weighted by atomic mass is 19.1. The van der Waals surface area contributed by atoms with Crippen LogP contribution in [0.25, 0.3) is 0 Å². The molecule has 0 radical (unpaired) electrons. The van der Waals surface area contributed by atoms with Crippen LogP contribution in [0.3, 0.4) is 0 Å². The highest BCUT2D eigenvalue weighted by Gasteiger charge is 2.25. The van der Waals surface area contributed by atoms with E-state index in [2.05, 4.69) is 23.7 Å². The first-order valence-electron chi connectivity index (χ1n) is 7.23. The minimum atomic E-state index is -0.305. The molecule has 0 aliphatic heterocycles. The monoisotopic (exact) mass is 265 g/mol. The molecule has 3 nitrogen and oxygen atoms in total. The minimum Gasteiger partial charge on any atom is -0.353 e. The summed E-state index contributed by atoms with van der Waals surface area (Å²) in [6.45, 7) is 5.69. The van der Waals surface area contributed by atoms with Gasteiger partial charge in [-0.05, 0) is 24.8 Å². The van der Waals surface area contributed by atoms with Gasteiger partial charge in [0.2, 0.25) is 0 Å². The standard InChI is InChI=1S/C15H24FN3/c1-11(2)10-19(14-5-3-4-6-14)15-12(8-17)7-13(16)9-18-15/h7,9,11,14H,3-6,8,10,17H2,1-2H3. The number of halogens is 1. The molecule has 0 aromatic carbocycles. The molecular weight excluding hydrogens is 241 g/mol. The Morgan fingerprint density at radius 3 is 2.68 bits per heavy atom. The highest BCUT2D eigenvalue weighted by Crippen LogP contribution is 2.30. The maximum atomic E-state index is 13.3. The van der Waals surface area contributed by atoms with Crippen molar-refractivity contribution >= 4 is 5.82 Å². The lowest BCUT2D eigenvalue weighted by molar-refractivity contribution is 0.527.